The van der Waals surface area contributed by atoms with E-state index in [1.165, 1.54) is 0 Å². The van der Waals surface area contributed by atoms with Crippen molar-refractivity contribution < 1.29 is 104 Å². The highest BCUT2D eigenvalue weighted by Gasteiger charge is 2.52. The van der Waals surface area contributed by atoms with E-state index in [0.29, 0.717) is 0 Å². The molecule has 3 aliphatic rings. The summed E-state index contributed by atoms with van der Waals surface area (Å²) in [6.07, 6.45) is -30.6. The molecule has 3 saturated heterocycles. The van der Waals surface area contributed by atoms with Crippen molar-refractivity contribution in [3.8, 4) is 0 Å². The van der Waals surface area contributed by atoms with Crippen molar-refractivity contribution in [1.82, 2.24) is 10.6 Å². The molecule has 19 atom stereocenters. The molecular formula is C28H50N2O21. The maximum Gasteiger partial charge on any atom is 0.217 e. The van der Waals surface area contributed by atoms with Gasteiger partial charge in [-0.25, -0.2) is 0 Å². The highest BCUT2D eigenvalue weighted by Crippen LogP contribution is 2.30. The Bertz CT molecular complexity index is 1090. The maximum atomic E-state index is 12.2. The number of carbonyl (C=O) groups is 2. The van der Waals surface area contributed by atoms with Crippen LogP contribution in [0, 0.1) is 0 Å². The van der Waals surface area contributed by atoms with Crippen molar-refractivity contribution in [2.24, 2.45) is 0 Å². The molecule has 0 aliphatic carbocycles. The van der Waals surface area contributed by atoms with Gasteiger partial charge in [0.2, 0.25) is 11.8 Å². The second-order valence-electron chi connectivity index (χ2n) is 12.4. The number of carbonyl (C=O) groups excluding carboxylic acids is 2. The van der Waals surface area contributed by atoms with E-state index >= 15 is 0 Å². The molecule has 3 fully saturated rings. The van der Waals surface area contributed by atoms with Crippen LogP contribution in [0.1, 0.15) is 13.8 Å². The molecule has 0 aromatic carbocycles. The molecule has 51 heavy (non-hydrogen) atoms. The maximum absolute atomic E-state index is 12.2. The Hall–Kier alpha value is -1.82. The van der Waals surface area contributed by atoms with Crippen LogP contribution in [-0.4, -0.2) is 228 Å². The Kier molecular flexibility index (Phi) is 16.7. The van der Waals surface area contributed by atoms with Crippen molar-refractivity contribution >= 4 is 11.8 Å². The van der Waals surface area contributed by atoms with E-state index in [1.807, 2.05) is 0 Å². The molecule has 3 heterocycles. The molecular weight excluding hydrogens is 700 g/mol. The van der Waals surface area contributed by atoms with Gasteiger partial charge in [-0.05, 0) is 0 Å². The number of nitrogens with one attached hydrogen (secondary N) is 2. The molecule has 0 aromatic heterocycles. The van der Waals surface area contributed by atoms with Crippen LogP contribution in [0.5, 0.6) is 0 Å². The summed E-state index contributed by atoms with van der Waals surface area (Å²) in [7, 11) is 0. The van der Waals surface area contributed by atoms with E-state index in [0.717, 1.165) is 13.8 Å². The smallest absolute Gasteiger partial charge is 0.217 e. The first kappa shape index (κ1) is 43.6. The molecule has 0 aromatic rings. The summed E-state index contributed by atoms with van der Waals surface area (Å²) < 4.78 is 33.1. The zero-order valence-corrected chi connectivity index (χ0v) is 27.6. The first-order valence-corrected chi connectivity index (χ1v) is 16.0. The minimum atomic E-state index is -2.13. The zero-order chi connectivity index (χ0) is 38.3. The lowest BCUT2D eigenvalue weighted by molar-refractivity contribution is -0.346. The van der Waals surface area contributed by atoms with Gasteiger partial charge in [-0.3, -0.25) is 9.59 Å². The van der Waals surface area contributed by atoms with Crippen LogP contribution in [0.3, 0.4) is 0 Å². The van der Waals surface area contributed by atoms with Gasteiger partial charge in [-0.1, -0.05) is 0 Å². The summed E-state index contributed by atoms with van der Waals surface area (Å²) in [5, 5.41) is 138. The summed E-state index contributed by atoms with van der Waals surface area (Å²) in [6.45, 7) is -2.27. The van der Waals surface area contributed by atoms with Crippen molar-refractivity contribution in [2.45, 2.75) is 130 Å². The Morgan fingerprint density at radius 3 is 1.65 bits per heavy atom. The monoisotopic (exact) mass is 750 g/mol. The van der Waals surface area contributed by atoms with Crippen molar-refractivity contribution in [1.29, 1.82) is 0 Å². The van der Waals surface area contributed by atoms with Crippen LogP contribution < -0.4 is 10.6 Å². The van der Waals surface area contributed by atoms with Crippen LogP contribution in [0.4, 0.5) is 0 Å². The van der Waals surface area contributed by atoms with E-state index in [1.54, 1.807) is 0 Å². The van der Waals surface area contributed by atoms with Gasteiger partial charge in [-0.2, -0.15) is 0 Å². The summed E-state index contributed by atoms with van der Waals surface area (Å²) in [6, 6.07) is -3.05. The molecule has 0 radical (unpaired) electrons. The third kappa shape index (κ3) is 10.4. The first-order chi connectivity index (χ1) is 24.0. The second-order valence-corrected chi connectivity index (χ2v) is 12.4. The Morgan fingerprint density at radius 1 is 0.667 bits per heavy atom. The van der Waals surface area contributed by atoms with Crippen molar-refractivity contribution in [3.63, 3.8) is 0 Å². The fourth-order valence-corrected chi connectivity index (χ4v) is 5.85. The number of aliphatic hydroxyl groups is 13. The minimum Gasteiger partial charge on any atom is -0.394 e. The third-order valence-electron chi connectivity index (χ3n) is 8.65. The van der Waals surface area contributed by atoms with E-state index in [-0.39, 0.29) is 0 Å². The lowest BCUT2D eigenvalue weighted by Crippen LogP contribution is -2.68. The molecule has 298 valence electrons. The van der Waals surface area contributed by atoms with Crippen LogP contribution in [0.15, 0.2) is 0 Å². The van der Waals surface area contributed by atoms with Gasteiger partial charge in [0.05, 0.1) is 39.1 Å². The molecule has 0 unspecified atom stereocenters. The molecule has 23 heteroatoms. The van der Waals surface area contributed by atoms with E-state index in [4.69, 9.17) is 28.4 Å². The highest BCUT2D eigenvalue weighted by atomic mass is 16.7. The largest absolute Gasteiger partial charge is 0.394 e. The molecule has 3 rings (SSSR count). The van der Waals surface area contributed by atoms with E-state index in [9.17, 15) is 76.0 Å². The molecule has 0 saturated carbocycles. The minimum absolute atomic E-state index is 0.734. The molecule has 15 N–H and O–H groups in total. The van der Waals surface area contributed by atoms with Gasteiger partial charge in [-0.15, -0.1) is 0 Å². The van der Waals surface area contributed by atoms with E-state index in [2.05, 4.69) is 10.6 Å². The van der Waals surface area contributed by atoms with Gasteiger partial charge in [0, 0.05) is 13.8 Å². The standard InChI is InChI=1S/C28H50N2O21/c1-8(35)29-10(3-31)24(50-27-22(44)20(42)17(39)12(4-32)48-27)16(38)11(37)7-46-26-15(30-9(2)36)25(19(41)14(6-34)47-26)51-28-23(45)21(43)18(40)13(5-33)49-28/h10-28,31-34,37-45H,3-7H2,1-2H3,(H,29,35)(H,30,36)/t10-,11+,12+,13+,14+,15+,16-,17-,18-,19+,20-,21-,22+,23+,24+,25+,26+,27-,28-/m0/s1. The predicted molar refractivity (Wildman–Crippen MR) is 159 cm³/mol. The van der Waals surface area contributed by atoms with Crippen LogP contribution in [-0.2, 0) is 38.0 Å². The second kappa shape index (κ2) is 19.5. The lowest BCUT2D eigenvalue weighted by atomic mass is 9.95. The topological polar surface area (TPSA) is 377 Å². The fourth-order valence-electron chi connectivity index (χ4n) is 5.85. The van der Waals surface area contributed by atoms with Crippen LogP contribution >= 0.6 is 0 Å². The number of hydrogen-bond acceptors (Lipinski definition) is 21. The summed E-state index contributed by atoms with van der Waals surface area (Å²) >= 11 is 0. The summed E-state index contributed by atoms with van der Waals surface area (Å²) in [5.74, 6) is -1.48. The van der Waals surface area contributed by atoms with Gasteiger partial charge >= 0.3 is 0 Å². The number of ether oxygens (including phenoxy) is 6. The Labute approximate surface area is 290 Å². The predicted octanol–water partition coefficient (Wildman–Crippen LogP) is -9.83. The van der Waals surface area contributed by atoms with Crippen molar-refractivity contribution in [2.75, 3.05) is 33.0 Å². The van der Waals surface area contributed by atoms with Crippen LogP contribution in [0.25, 0.3) is 0 Å². The molecule has 0 spiro atoms. The molecule has 23 nitrogen and oxygen atoms in total. The normalized spacial score (nSPS) is 41.3. The Balaban J connectivity index is 1.84. The number of amides is 2. The van der Waals surface area contributed by atoms with Crippen LogP contribution in [0.2, 0.25) is 0 Å². The van der Waals surface area contributed by atoms with Gasteiger partial charge < -0.3 is 105 Å². The molecule has 2 amide bonds. The molecule has 0 bridgehead atoms. The highest BCUT2D eigenvalue weighted by molar-refractivity contribution is 5.73. The third-order valence-corrected chi connectivity index (χ3v) is 8.65. The fraction of sp³-hybridized carbons (Fsp3) is 0.929. The summed E-state index contributed by atoms with van der Waals surface area (Å²) in [5.41, 5.74) is 0. The van der Waals surface area contributed by atoms with Gasteiger partial charge in [0.1, 0.15) is 91.5 Å². The quantitative estimate of drug-likeness (QED) is 0.0696. The Morgan fingerprint density at radius 2 is 1.16 bits per heavy atom. The summed E-state index contributed by atoms with van der Waals surface area (Å²) in [4.78, 5) is 24.1. The lowest BCUT2D eigenvalue weighted by Gasteiger charge is -2.47. The molecule has 3 aliphatic heterocycles. The number of hydrogen-bond donors (Lipinski definition) is 15. The van der Waals surface area contributed by atoms with Gasteiger partial charge in [0.15, 0.2) is 18.9 Å². The average Bonchev–Trinajstić information content (AvgIpc) is 3.09. The average molecular weight is 751 g/mol. The SMILES string of the molecule is CC(=O)N[C@H]1[C@H](OC[C@@H](O)[C@H](O)[C@H](O[C@@H]2O[C@H](CO)[C@H](O)[C@H](O)[C@H]2O)[C@H](CO)NC(C)=O)O[C@H](CO)[C@@H](O)[C@@H]1O[C@@H]1O[C@H](CO)[C@H](O)[C@H](O)[C@H]1O. The van der Waals surface area contributed by atoms with Crippen molar-refractivity contribution in [3.05, 3.63) is 0 Å². The van der Waals surface area contributed by atoms with E-state index < -0.39 is 161 Å². The number of aliphatic hydroxyl groups excluding tert-OH is 13. The first-order valence-electron chi connectivity index (χ1n) is 16.0. The van der Waals surface area contributed by atoms with Gasteiger partial charge in [0.25, 0.3) is 0 Å². The zero-order valence-electron chi connectivity index (χ0n) is 27.6. The number of rotatable bonds is 16.